The molecule has 0 aliphatic carbocycles. The fourth-order valence-corrected chi connectivity index (χ4v) is 4.57. The zero-order chi connectivity index (χ0) is 14.2. The van der Waals surface area contributed by atoms with Crippen molar-refractivity contribution in [2.24, 2.45) is 5.92 Å². The first-order chi connectivity index (χ1) is 8.87. The van der Waals surface area contributed by atoms with Crippen LogP contribution < -0.4 is 5.32 Å². The van der Waals surface area contributed by atoms with Gasteiger partial charge in [0.1, 0.15) is 10.6 Å². The van der Waals surface area contributed by atoms with Crippen molar-refractivity contribution in [3.63, 3.8) is 0 Å². The lowest BCUT2D eigenvalue weighted by Crippen LogP contribution is -2.49. The minimum absolute atomic E-state index is 0.225. The van der Waals surface area contributed by atoms with Crippen LogP contribution in [0.15, 0.2) is 9.42 Å². The van der Waals surface area contributed by atoms with Gasteiger partial charge in [-0.15, -0.1) is 0 Å². The van der Waals surface area contributed by atoms with Gasteiger partial charge in [-0.1, -0.05) is 12.1 Å². The maximum Gasteiger partial charge on any atom is 0.248 e. The molecule has 1 aromatic heterocycles. The molecule has 7 heteroatoms. The molecular formula is C12H21N3O3S. The number of aryl methyl sites for hydroxylation is 2. The first-order valence-corrected chi connectivity index (χ1v) is 7.92. The van der Waals surface area contributed by atoms with E-state index in [1.807, 2.05) is 7.05 Å². The van der Waals surface area contributed by atoms with Gasteiger partial charge in [0, 0.05) is 19.1 Å². The molecule has 6 nitrogen and oxygen atoms in total. The molecule has 108 valence electrons. The van der Waals surface area contributed by atoms with Crippen LogP contribution in [0, 0.1) is 19.8 Å². The van der Waals surface area contributed by atoms with Crippen LogP contribution in [0.4, 0.5) is 0 Å². The third-order valence-corrected chi connectivity index (χ3v) is 5.91. The summed E-state index contributed by atoms with van der Waals surface area (Å²) in [5.74, 6) is 0.648. The van der Waals surface area contributed by atoms with Gasteiger partial charge in [-0.05, 0) is 33.2 Å². The van der Waals surface area contributed by atoms with Gasteiger partial charge in [0.25, 0.3) is 0 Å². The number of sulfonamides is 1. The summed E-state index contributed by atoms with van der Waals surface area (Å²) in [6.45, 7) is 6.42. The highest BCUT2D eigenvalue weighted by Gasteiger charge is 2.36. The van der Waals surface area contributed by atoms with Crippen LogP contribution in [0.2, 0.25) is 0 Å². The molecule has 1 aliphatic heterocycles. The molecule has 0 saturated carbocycles. The number of nitrogens with one attached hydrogen (secondary N) is 1. The van der Waals surface area contributed by atoms with E-state index in [1.54, 1.807) is 13.8 Å². The third-order valence-electron chi connectivity index (χ3n) is 3.80. The van der Waals surface area contributed by atoms with Gasteiger partial charge in [0.15, 0.2) is 5.76 Å². The lowest BCUT2D eigenvalue weighted by Gasteiger charge is -2.35. The number of piperidine rings is 1. The van der Waals surface area contributed by atoms with E-state index < -0.39 is 10.0 Å². The lowest BCUT2D eigenvalue weighted by atomic mass is 9.96. The summed E-state index contributed by atoms with van der Waals surface area (Å²) in [5.41, 5.74) is 0.431. The zero-order valence-corrected chi connectivity index (χ0v) is 12.6. The van der Waals surface area contributed by atoms with Crippen molar-refractivity contribution in [2.75, 3.05) is 20.1 Å². The highest BCUT2D eigenvalue weighted by molar-refractivity contribution is 7.89. The highest BCUT2D eigenvalue weighted by Crippen LogP contribution is 2.27. The molecule has 2 unspecified atom stereocenters. The molecule has 0 aromatic carbocycles. The third kappa shape index (κ3) is 2.54. The molecule has 1 N–H and O–H groups in total. The van der Waals surface area contributed by atoms with Crippen molar-refractivity contribution in [2.45, 2.75) is 38.1 Å². The van der Waals surface area contributed by atoms with Gasteiger partial charge in [0.2, 0.25) is 10.0 Å². The monoisotopic (exact) mass is 287 g/mol. The average molecular weight is 287 g/mol. The number of aromatic nitrogens is 1. The smallest absolute Gasteiger partial charge is 0.248 e. The molecule has 2 rings (SSSR count). The summed E-state index contributed by atoms with van der Waals surface area (Å²) in [4.78, 5) is 0.225. The second-order valence-corrected chi connectivity index (χ2v) is 7.05. The maximum absolute atomic E-state index is 12.6. The van der Waals surface area contributed by atoms with Crippen molar-refractivity contribution in [1.29, 1.82) is 0 Å². The summed E-state index contributed by atoms with van der Waals surface area (Å²) in [7, 11) is -1.58. The van der Waals surface area contributed by atoms with Crippen molar-refractivity contribution in [3.05, 3.63) is 11.5 Å². The van der Waals surface area contributed by atoms with Crippen LogP contribution in [-0.2, 0) is 10.0 Å². The fraction of sp³-hybridized carbons (Fsp3) is 0.750. The first-order valence-electron chi connectivity index (χ1n) is 6.48. The lowest BCUT2D eigenvalue weighted by molar-refractivity contribution is 0.228. The molecule has 1 fully saturated rings. The molecule has 1 aromatic rings. The van der Waals surface area contributed by atoms with E-state index in [0.29, 0.717) is 30.6 Å². The largest absolute Gasteiger partial charge is 0.360 e. The summed E-state index contributed by atoms with van der Waals surface area (Å²) in [6.07, 6.45) is 0.820. The molecule has 1 aliphatic rings. The molecule has 19 heavy (non-hydrogen) atoms. The van der Waals surface area contributed by atoms with E-state index in [2.05, 4.69) is 17.4 Å². The van der Waals surface area contributed by atoms with Crippen LogP contribution in [0.25, 0.3) is 0 Å². The van der Waals surface area contributed by atoms with Gasteiger partial charge in [-0.25, -0.2) is 8.42 Å². The van der Waals surface area contributed by atoms with Gasteiger partial charge in [-0.3, -0.25) is 0 Å². The number of rotatable bonds is 3. The van der Waals surface area contributed by atoms with Crippen LogP contribution in [0.3, 0.4) is 0 Å². The zero-order valence-electron chi connectivity index (χ0n) is 11.8. The Morgan fingerprint density at radius 1 is 1.42 bits per heavy atom. The summed E-state index contributed by atoms with van der Waals surface area (Å²) in [5, 5.41) is 6.97. The van der Waals surface area contributed by atoms with E-state index in [-0.39, 0.29) is 10.8 Å². The minimum Gasteiger partial charge on any atom is -0.360 e. The Hall–Kier alpha value is -0.920. The molecule has 2 atom stereocenters. The number of hydrogen-bond acceptors (Lipinski definition) is 5. The number of nitrogens with zero attached hydrogens (tertiary/aromatic N) is 2. The SMILES string of the molecule is CNC1CCN(S(=O)(=O)c2c(C)noc2C)CC1C. The standard InChI is InChI=1S/C12H21N3O3S/c1-8-7-15(6-5-11(8)13-4)19(16,17)12-9(2)14-18-10(12)3/h8,11,13H,5-7H2,1-4H3. The molecule has 0 bridgehead atoms. The quantitative estimate of drug-likeness (QED) is 0.894. The van der Waals surface area contributed by atoms with Crippen molar-refractivity contribution in [1.82, 2.24) is 14.8 Å². The Balaban J connectivity index is 2.27. The van der Waals surface area contributed by atoms with E-state index in [9.17, 15) is 8.42 Å². The van der Waals surface area contributed by atoms with Crippen molar-refractivity contribution < 1.29 is 12.9 Å². The van der Waals surface area contributed by atoms with Gasteiger partial charge < -0.3 is 9.84 Å². The normalized spacial score (nSPS) is 25.7. The summed E-state index contributed by atoms with van der Waals surface area (Å²) >= 11 is 0. The van der Waals surface area contributed by atoms with Gasteiger partial charge in [-0.2, -0.15) is 4.31 Å². The topological polar surface area (TPSA) is 75.4 Å². The Morgan fingerprint density at radius 2 is 2.11 bits per heavy atom. The van der Waals surface area contributed by atoms with Crippen LogP contribution >= 0.6 is 0 Å². The first kappa shape index (κ1) is 14.5. The molecule has 1 saturated heterocycles. The van der Waals surface area contributed by atoms with Crippen LogP contribution in [-0.4, -0.2) is 44.1 Å². The van der Waals surface area contributed by atoms with Gasteiger partial charge >= 0.3 is 0 Å². The Kier molecular flexibility index (Phi) is 3.98. The summed E-state index contributed by atoms with van der Waals surface area (Å²) in [6, 6.07) is 0.371. The van der Waals surface area contributed by atoms with E-state index in [4.69, 9.17) is 4.52 Å². The molecule has 0 spiro atoms. The molecule has 2 heterocycles. The minimum atomic E-state index is -3.50. The Morgan fingerprint density at radius 3 is 2.58 bits per heavy atom. The summed E-state index contributed by atoms with van der Waals surface area (Å²) < 4.78 is 31.8. The predicted molar refractivity (Wildman–Crippen MR) is 71.4 cm³/mol. The van der Waals surface area contributed by atoms with Gasteiger partial charge in [0.05, 0.1) is 0 Å². The maximum atomic E-state index is 12.6. The van der Waals surface area contributed by atoms with E-state index in [1.165, 1.54) is 4.31 Å². The van der Waals surface area contributed by atoms with Crippen molar-refractivity contribution in [3.8, 4) is 0 Å². The average Bonchev–Trinajstić information content (AvgIpc) is 2.69. The second-order valence-electron chi connectivity index (χ2n) is 5.18. The highest BCUT2D eigenvalue weighted by atomic mass is 32.2. The number of hydrogen-bond donors (Lipinski definition) is 1. The van der Waals surface area contributed by atoms with E-state index in [0.717, 1.165) is 6.42 Å². The van der Waals surface area contributed by atoms with Crippen molar-refractivity contribution >= 4 is 10.0 Å². The van der Waals surface area contributed by atoms with Crippen LogP contribution in [0.1, 0.15) is 24.8 Å². The predicted octanol–water partition coefficient (Wildman–Crippen LogP) is 0.910. The molecule has 0 radical (unpaired) electrons. The Labute approximate surface area is 114 Å². The molecular weight excluding hydrogens is 266 g/mol. The second kappa shape index (κ2) is 5.22. The van der Waals surface area contributed by atoms with E-state index >= 15 is 0 Å². The van der Waals surface area contributed by atoms with Crippen LogP contribution in [0.5, 0.6) is 0 Å². The Bertz CT molecular complexity index is 533. The fourth-order valence-electron chi connectivity index (χ4n) is 2.73. The molecule has 0 amide bonds.